The number of hydrogen-bond donors (Lipinski definition) is 1. The summed E-state index contributed by atoms with van der Waals surface area (Å²) in [7, 11) is 0. The van der Waals surface area contributed by atoms with Crippen molar-refractivity contribution >= 4 is 5.91 Å². The standard InChI is InChI=1S/C17H26N8O/c1-12-16(19-11-18-12)10-23-7-14-3-4-15(9-23)24(8-14)17(26)5-6-25-13(2)20-21-22-25/h11,14-15H,3-10H2,1-2H3,(H,18,19)/t14-,15+/m0/s1. The highest BCUT2D eigenvalue weighted by atomic mass is 16.2. The lowest BCUT2D eigenvalue weighted by molar-refractivity contribution is -0.135. The summed E-state index contributed by atoms with van der Waals surface area (Å²) in [6.07, 6.45) is 4.51. The topological polar surface area (TPSA) is 95.8 Å². The molecular weight excluding hydrogens is 332 g/mol. The highest BCUT2D eigenvalue weighted by molar-refractivity contribution is 5.76. The van der Waals surface area contributed by atoms with E-state index in [4.69, 9.17) is 0 Å². The van der Waals surface area contributed by atoms with Crippen molar-refractivity contribution in [3.05, 3.63) is 23.5 Å². The largest absolute Gasteiger partial charge is 0.348 e. The maximum absolute atomic E-state index is 12.8. The van der Waals surface area contributed by atoms with Crippen molar-refractivity contribution in [3.8, 4) is 0 Å². The van der Waals surface area contributed by atoms with Crippen LogP contribution < -0.4 is 0 Å². The zero-order chi connectivity index (χ0) is 18.1. The lowest BCUT2D eigenvalue weighted by Gasteiger charge is -2.36. The van der Waals surface area contributed by atoms with Gasteiger partial charge in [-0.1, -0.05) is 0 Å². The van der Waals surface area contributed by atoms with Crippen LogP contribution in [0, 0.1) is 19.8 Å². The molecule has 0 aliphatic carbocycles. The highest BCUT2D eigenvalue weighted by Crippen LogP contribution is 2.29. The molecule has 9 heteroatoms. The summed E-state index contributed by atoms with van der Waals surface area (Å²) in [4.78, 5) is 25.0. The van der Waals surface area contributed by atoms with Crippen molar-refractivity contribution in [2.24, 2.45) is 5.92 Å². The van der Waals surface area contributed by atoms with Gasteiger partial charge < -0.3 is 9.88 Å². The van der Waals surface area contributed by atoms with Gasteiger partial charge in [0.05, 0.1) is 18.6 Å². The lowest BCUT2D eigenvalue weighted by atomic mass is 9.94. The first-order valence-corrected chi connectivity index (χ1v) is 9.33. The molecule has 5 heterocycles. The van der Waals surface area contributed by atoms with Crippen LogP contribution in [0.3, 0.4) is 0 Å². The van der Waals surface area contributed by atoms with Crippen LogP contribution in [-0.2, 0) is 17.9 Å². The van der Waals surface area contributed by atoms with Gasteiger partial charge in [0, 0.05) is 44.3 Å². The number of H-pyrrole nitrogens is 1. The fraction of sp³-hybridized carbons (Fsp3) is 0.706. The van der Waals surface area contributed by atoms with E-state index < -0.39 is 0 Å². The van der Waals surface area contributed by atoms with E-state index in [2.05, 4.69) is 42.2 Å². The van der Waals surface area contributed by atoms with Gasteiger partial charge in [-0.05, 0) is 43.0 Å². The number of aryl methyl sites for hydroxylation is 3. The Bertz CT molecular complexity index is 768. The molecule has 3 aliphatic rings. The number of nitrogens with zero attached hydrogens (tertiary/aromatic N) is 7. The lowest BCUT2D eigenvalue weighted by Crippen LogP contribution is -2.47. The number of rotatable bonds is 5. The Hall–Kier alpha value is -2.29. The molecule has 3 saturated heterocycles. The van der Waals surface area contributed by atoms with Crippen LogP contribution in [0.25, 0.3) is 0 Å². The Labute approximate surface area is 152 Å². The zero-order valence-electron chi connectivity index (χ0n) is 15.4. The third-order valence-electron chi connectivity index (χ3n) is 5.67. The van der Waals surface area contributed by atoms with Crippen molar-refractivity contribution in [2.45, 2.75) is 52.2 Å². The maximum atomic E-state index is 12.8. The van der Waals surface area contributed by atoms with E-state index in [-0.39, 0.29) is 5.91 Å². The first-order valence-electron chi connectivity index (χ1n) is 9.33. The number of nitrogens with one attached hydrogen (secondary N) is 1. The summed E-state index contributed by atoms with van der Waals surface area (Å²) >= 11 is 0. The van der Waals surface area contributed by atoms with Gasteiger partial charge in [0.1, 0.15) is 5.82 Å². The van der Waals surface area contributed by atoms with Crippen LogP contribution in [0.15, 0.2) is 6.33 Å². The molecule has 0 unspecified atom stereocenters. The molecule has 2 aromatic rings. The molecule has 5 rings (SSSR count). The molecule has 1 amide bonds. The van der Waals surface area contributed by atoms with Crippen molar-refractivity contribution in [1.82, 2.24) is 40.0 Å². The van der Waals surface area contributed by atoms with Gasteiger partial charge in [-0.3, -0.25) is 9.69 Å². The second-order valence-electron chi connectivity index (χ2n) is 7.51. The summed E-state index contributed by atoms with van der Waals surface area (Å²) in [5, 5.41) is 11.4. The van der Waals surface area contributed by atoms with Crippen LogP contribution in [0.4, 0.5) is 0 Å². The van der Waals surface area contributed by atoms with Gasteiger partial charge in [0.2, 0.25) is 5.91 Å². The molecule has 3 aliphatic heterocycles. The second-order valence-corrected chi connectivity index (χ2v) is 7.51. The van der Waals surface area contributed by atoms with Gasteiger partial charge in [0.25, 0.3) is 0 Å². The van der Waals surface area contributed by atoms with Crippen LogP contribution in [0.5, 0.6) is 0 Å². The Kier molecular flexibility index (Phi) is 4.71. The number of piperidine rings is 1. The molecule has 2 aromatic heterocycles. The van der Waals surface area contributed by atoms with Crippen LogP contribution in [0.1, 0.15) is 36.5 Å². The number of aromatic nitrogens is 6. The van der Waals surface area contributed by atoms with Crippen molar-refractivity contribution in [3.63, 3.8) is 0 Å². The van der Waals surface area contributed by atoms with Crippen LogP contribution >= 0.6 is 0 Å². The van der Waals surface area contributed by atoms with Crippen LogP contribution in [0.2, 0.25) is 0 Å². The minimum Gasteiger partial charge on any atom is -0.348 e. The molecule has 1 N–H and O–H groups in total. The van der Waals surface area contributed by atoms with Gasteiger partial charge in [-0.15, -0.1) is 5.10 Å². The Morgan fingerprint density at radius 3 is 2.88 bits per heavy atom. The second kappa shape index (κ2) is 7.14. The van der Waals surface area contributed by atoms with Gasteiger partial charge in [0.15, 0.2) is 0 Å². The number of fused-ring (bicyclic) bond motifs is 4. The number of tetrazole rings is 1. The summed E-state index contributed by atoms with van der Waals surface area (Å²) < 4.78 is 1.70. The molecule has 0 saturated carbocycles. The Balaban J connectivity index is 1.39. The van der Waals surface area contributed by atoms with E-state index in [9.17, 15) is 4.79 Å². The minimum atomic E-state index is 0.215. The monoisotopic (exact) mass is 358 g/mol. The first kappa shape index (κ1) is 17.1. The minimum absolute atomic E-state index is 0.215. The molecule has 3 fully saturated rings. The third kappa shape index (κ3) is 3.48. The molecule has 140 valence electrons. The van der Waals surface area contributed by atoms with E-state index in [0.717, 1.165) is 49.8 Å². The third-order valence-corrected chi connectivity index (χ3v) is 5.67. The molecule has 0 aromatic carbocycles. The molecular formula is C17H26N8O. The van der Waals surface area contributed by atoms with E-state index >= 15 is 0 Å². The number of aromatic amines is 1. The quantitative estimate of drug-likeness (QED) is 0.837. The maximum Gasteiger partial charge on any atom is 0.224 e. The Morgan fingerprint density at radius 1 is 1.27 bits per heavy atom. The molecule has 26 heavy (non-hydrogen) atoms. The van der Waals surface area contributed by atoms with Crippen molar-refractivity contribution in [2.75, 3.05) is 19.6 Å². The predicted molar refractivity (Wildman–Crippen MR) is 94.0 cm³/mol. The summed E-state index contributed by atoms with van der Waals surface area (Å²) in [5.74, 6) is 1.51. The summed E-state index contributed by atoms with van der Waals surface area (Å²) in [6, 6.07) is 0.301. The summed E-state index contributed by atoms with van der Waals surface area (Å²) in [6.45, 7) is 8.15. The van der Waals surface area contributed by atoms with Crippen LogP contribution in [-0.4, -0.2) is 71.6 Å². The Morgan fingerprint density at radius 2 is 2.15 bits per heavy atom. The van der Waals surface area contributed by atoms with E-state index in [1.807, 2.05) is 6.92 Å². The zero-order valence-corrected chi connectivity index (χ0v) is 15.4. The number of imidazole rings is 1. The molecule has 2 bridgehead atoms. The van der Waals surface area contributed by atoms with E-state index in [1.54, 1.807) is 11.0 Å². The summed E-state index contributed by atoms with van der Waals surface area (Å²) in [5.41, 5.74) is 2.24. The van der Waals surface area contributed by atoms with Crippen molar-refractivity contribution in [1.29, 1.82) is 0 Å². The highest BCUT2D eigenvalue weighted by Gasteiger charge is 2.37. The van der Waals surface area contributed by atoms with Gasteiger partial charge >= 0.3 is 0 Å². The van der Waals surface area contributed by atoms with Crippen molar-refractivity contribution < 1.29 is 4.79 Å². The predicted octanol–water partition coefficient (Wildman–Crippen LogP) is 0.526. The fourth-order valence-corrected chi connectivity index (χ4v) is 4.17. The number of carbonyl (C=O) groups is 1. The van der Waals surface area contributed by atoms with Gasteiger partial charge in [-0.2, -0.15) is 0 Å². The van der Waals surface area contributed by atoms with E-state index in [1.165, 1.54) is 6.42 Å². The molecule has 0 spiro atoms. The fourth-order valence-electron chi connectivity index (χ4n) is 4.17. The first-order chi connectivity index (χ1) is 12.6. The molecule has 0 radical (unpaired) electrons. The normalized spacial score (nSPS) is 23.4. The number of amides is 1. The van der Waals surface area contributed by atoms with Gasteiger partial charge in [-0.25, -0.2) is 9.67 Å². The average molecular weight is 358 g/mol. The number of carbonyl (C=O) groups excluding carboxylic acids is 1. The SMILES string of the molecule is Cc1[nH]cnc1CN1C[C@@H]2CC[C@H](C1)N(C(=O)CCn1nnnc1C)C2. The average Bonchev–Trinajstić information content (AvgIpc) is 3.10. The number of hydrogen-bond acceptors (Lipinski definition) is 6. The van der Waals surface area contributed by atoms with E-state index in [0.29, 0.717) is 24.9 Å². The smallest absolute Gasteiger partial charge is 0.224 e. The molecule has 9 nitrogen and oxygen atoms in total. The molecule has 2 atom stereocenters.